The molecule has 4 atom stereocenters. The van der Waals surface area contributed by atoms with E-state index in [1.807, 2.05) is 12.4 Å². The summed E-state index contributed by atoms with van der Waals surface area (Å²) in [5, 5.41) is 39.5. The molecule has 9 heteroatoms. The van der Waals surface area contributed by atoms with Gasteiger partial charge < -0.3 is 30.0 Å². The number of hydrogen-bond acceptors (Lipinski definition) is 8. The van der Waals surface area contributed by atoms with Crippen molar-refractivity contribution in [2.75, 3.05) is 0 Å². The summed E-state index contributed by atoms with van der Waals surface area (Å²) in [6.07, 6.45) is 11.7. The monoisotopic (exact) mass is 667 g/mol. The summed E-state index contributed by atoms with van der Waals surface area (Å²) in [6, 6.07) is 8.63. The van der Waals surface area contributed by atoms with Gasteiger partial charge in [0, 0.05) is 35.5 Å². The van der Waals surface area contributed by atoms with Crippen molar-refractivity contribution in [1.82, 2.24) is 0 Å². The number of carbonyl (C=O) groups excluding carboxylic acids is 2. The second-order valence-corrected chi connectivity index (χ2v) is 11.5. The van der Waals surface area contributed by atoms with Gasteiger partial charge in [0.05, 0.1) is 12.1 Å². The van der Waals surface area contributed by atoms with Crippen molar-refractivity contribution in [3.8, 4) is 11.5 Å². The Kier molecular flexibility index (Phi) is 20.0. The largest absolute Gasteiger partial charge is 2.00 e. The third kappa shape index (κ3) is 14.2. The number of carboxylic acids is 2. The third-order valence-electron chi connectivity index (χ3n) is 8.11. The fourth-order valence-electron chi connectivity index (χ4n) is 5.06. The summed E-state index contributed by atoms with van der Waals surface area (Å²) in [5.41, 5.74) is 6.10. The number of aliphatic imine (C=N–C) groups is 2. The molecule has 0 aliphatic heterocycles. The molecule has 3 rings (SSSR count). The van der Waals surface area contributed by atoms with E-state index in [1.165, 1.54) is 11.1 Å². The van der Waals surface area contributed by atoms with Gasteiger partial charge in [-0.1, -0.05) is 66.5 Å². The molecule has 1 aliphatic rings. The Morgan fingerprint density at radius 2 is 1.07 bits per heavy atom. The molecule has 2 aromatic carbocycles. The molecule has 2 N–H and O–H groups in total. The zero-order valence-corrected chi connectivity index (χ0v) is 29.2. The number of aromatic hydroxyl groups is 2. The van der Waals surface area contributed by atoms with Crippen LogP contribution in [0.3, 0.4) is 0 Å². The summed E-state index contributed by atoms with van der Waals surface area (Å²) in [7, 11) is 0. The fourth-order valence-corrected chi connectivity index (χ4v) is 5.06. The van der Waals surface area contributed by atoms with Crippen molar-refractivity contribution in [2.45, 2.75) is 131 Å². The summed E-state index contributed by atoms with van der Waals surface area (Å²) in [6.45, 7) is 15.0. The van der Waals surface area contributed by atoms with E-state index >= 15 is 0 Å². The van der Waals surface area contributed by atoms with Crippen LogP contribution < -0.4 is 10.2 Å². The Balaban J connectivity index is 0.00000192. The predicted molar refractivity (Wildman–Crippen MR) is 175 cm³/mol. The SMILES string of the molecule is CC(=O)[O-].CC(=O)[O-].CCc1cc(C(C)CC)cc(C=NC2CCCCC2N=Cc2cc(C(C)CC)cc(CC)c2O)c1O.[Co+2]. The molecule has 4 unspecified atom stereocenters. The Labute approximate surface area is 280 Å². The van der Waals surface area contributed by atoms with Crippen LogP contribution in [0.2, 0.25) is 0 Å². The topological polar surface area (TPSA) is 145 Å². The second-order valence-electron chi connectivity index (χ2n) is 11.5. The van der Waals surface area contributed by atoms with Crippen molar-refractivity contribution in [2.24, 2.45) is 9.98 Å². The van der Waals surface area contributed by atoms with Gasteiger partial charge in [-0.05, 0) is 98.6 Å². The summed E-state index contributed by atoms with van der Waals surface area (Å²) in [5.74, 6) is -0.574. The maximum atomic E-state index is 10.8. The smallest absolute Gasteiger partial charge is 0.550 e. The number of nitrogens with zero attached hydrogens (tertiary/aromatic N) is 2. The Hall–Kier alpha value is -3.17. The zero-order chi connectivity index (χ0) is 33.4. The van der Waals surface area contributed by atoms with E-state index in [1.54, 1.807) is 0 Å². The van der Waals surface area contributed by atoms with Crippen LogP contribution in [0.1, 0.15) is 139 Å². The van der Waals surface area contributed by atoms with Crippen molar-refractivity contribution < 1.29 is 46.8 Å². The van der Waals surface area contributed by atoms with Crippen LogP contribution in [0.25, 0.3) is 0 Å². The quantitative estimate of drug-likeness (QED) is 0.315. The van der Waals surface area contributed by atoms with Gasteiger partial charge in [-0.2, -0.15) is 0 Å². The molecule has 0 aromatic heterocycles. The molecule has 0 amide bonds. The molecule has 2 aromatic rings. The Morgan fingerprint density at radius 3 is 1.33 bits per heavy atom. The molecule has 1 radical (unpaired) electrons. The first-order valence-corrected chi connectivity index (χ1v) is 15.9. The number of aliphatic carboxylic acids is 2. The molecule has 1 saturated carbocycles. The zero-order valence-electron chi connectivity index (χ0n) is 28.2. The van der Waals surface area contributed by atoms with Crippen LogP contribution in [0, 0.1) is 0 Å². The summed E-state index contributed by atoms with van der Waals surface area (Å²) in [4.78, 5) is 27.7. The molecule has 0 saturated heterocycles. The van der Waals surface area contributed by atoms with Gasteiger partial charge in [0.1, 0.15) is 11.5 Å². The Bertz CT molecular complexity index is 1170. The van der Waals surface area contributed by atoms with E-state index in [4.69, 9.17) is 29.8 Å². The van der Waals surface area contributed by atoms with Crippen LogP contribution >= 0.6 is 0 Å². The van der Waals surface area contributed by atoms with Gasteiger partial charge in [0.25, 0.3) is 0 Å². The van der Waals surface area contributed by atoms with Gasteiger partial charge in [-0.15, -0.1) is 0 Å². The number of aryl methyl sites for hydroxylation is 2. The Morgan fingerprint density at radius 1 is 0.756 bits per heavy atom. The van der Waals surface area contributed by atoms with E-state index in [2.05, 4.69) is 65.8 Å². The van der Waals surface area contributed by atoms with Crippen LogP contribution in [0.4, 0.5) is 0 Å². The minimum Gasteiger partial charge on any atom is -0.550 e. The number of benzene rings is 2. The average molecular weight is 668 g/mol. The van der Waals surface area contributed by atoms with Crippen molar-refractivity contribution in [3.05, 3.63) is 57.6 Å². The van der Waals surface area contributed by atoms with Crippen molar-refractivity contribution in [3.63, 3.8) is 0 Å². The van der Waals surface area contributed by atoms with Gasteiger partial charge >= 0.3 is 16.8 Å². The van der Waals surface area contributed by atoms with Crippen molar-refractivity contribution >= 4 is 24.4 Å². The molecule has 1 aliphatic carbocycles. The van der Waals surface area contributed by atoms with Gasteiger partial charge in [-0.25, -0.2) is 0 Å². The summed E-state index contributed by atoms with van der Waals surface area (Å²) >= 11 is 0. The summed E-state index contributed by atoms with van der Waals surface area (Å²) < 4.78 is 0. The van der Waals surface area contributed by atoms with Gasteiger partial charge in [-0.3, -0.25) is 9.98 Å². The first-order chi connectivity index (χ1) is 20.8. The first kappa shape index (κ1) is 41.8. The third-order valence-corrected chi connectivity index (χ3v) is 8.11. The minimum atomic E-state index is -1.08. The van der Waals surface area contributed by atoms with E-state index < -0.39 is 11.9 Å². The molecular weight excluding hydrogens is 615 g/mol. The van der Waals surface area contributed by atoms with Crippen LogP contribution in [-0.2, 0) is 39.2 Å². The minimum absolute atomic E-state index is 0. The molecule has 0 spiro atoms. The standard InChI is InChI=1S/C32H46N2O2.2C2H4O2.Co/c1-7-21(5)25-15-23(9-3)31(35)27(17-25)19-33-29-13-11-12-14-30(29)34-20-28-18-26(22(6)8-2)16-24(10-4)32(28)36;2*1-2(3)4;/h15-22,29-30,35-36H,7-14H2,1-6H3;2*1H3,(H,3,4);/q;;;+2/p-2. The van der Waals surface area contributed by atoms with Crippen LogP contribution in [0.5, 0.6) is 11.5 Å². The second kappa shape index (κ2) is 21.5. The fraction of sp³-hybridized carbons (Fsp3) is 0.556. The maximum absolute atomic E-state index is 10.8. The molecular formula is C36H52CoN2O6. The van der Waals surface area contributed by atoms with E-state index in [0.29, 0.717) is 23.3 Å². The van der Waals surface area contributed by atoms with Gasteiger partial charge in [0.15, 0.2) is 0 Å². The average Bonchev–Trinajstić information content (AvgIpc) is 2.99. The van der Waals surface area contributed by atoms with Crippen molar-refractivity contribution in [1.29, 1.82) is 0 Å². The molecule has 0 heterocycles. The normalized spacial score (nSPS) is 17.3. The number of carbonyl (C=O) groups is 2. The number of hydrogen-bond donors (Lipinski definition) is 2. The van der Waals surface area contributed by atoms with Crippen LogP contribution in [-0.4, -0.2) is 46.7 Å². The molecule has 45 heavy (non-hydrogen) atoms. The number of phenols is 2. The number of phenolic OH excluding ortho intramolecular Hbond substituents is 2. The number of rotatable bonds is 10. The van der Waals surface area contributed by atoms with E-state index in [-0.39, 0.29) is 28.9 Å². The molecule has 1 fully saturated rings. The first-order valence-electron chi connectivity index (χ1n) is 15.9. The molecule has 0 bridgehead atoms. The van der Waals surface area contributed by atoms with E-state index in [9.17, 15) is 10.2 Å². The number of carboxylic acid groups (broad SMARTS) is 2. The van der Waals surface area contributed by atoms with Gasteiger partial charge in [0.2, 0.25) is 0 Å². The molecule has 8 nitrogen and oxygen atoms in total. The maximum Gasteiger partial charge on any atom is 2.00 e. The predicted octanol–water partition coefficient (Wildman–Crippen LogP) is 5.61. The van der Waals surface area contributed by atoms with Crippen LogP contribution in [0.15, 0.2) is 34.3 Å². The van der Waals surface area contributed by atoms with E-state index in [0.717, 1.165) is 87.5 Å². The molecule has 251 valence electrons.